The molecule has 0 radical (unpaired) electrons. The molecule has 1 aromatic heterocycles. The van der Waals surface area contributed by atoms with Gasteiger partial charge < -0.3 is 24.4 Å². The lowest BCUT2D eigenvalue weighted by Crippen LogP contribution is -2.37. The summed E-state index contributed by atoms with van der Waals surface area (Å²) in [5, 5.41) is 9.24. The number of carbonyl (C=O) groups is 1. The van der Waals surface area contributed by atoms with Gasteiger partial charge in [0.2, 0.25) is 0 Å². The highest BCUT2D eigenvalue weighted by atomic mass is 16.5. The number of carboxylic acid groups (broad SMARTS) is 1. The average molecular weight is 295 g/mol. The third kappa shape index (κ3) is 4.05. The van der Waals surface area contributed by atoms with Crippen LogP contribution in [-0.4, -0.2) is 69.7 Å². The van der Waals surface area contributed by atoms with Crippen LogP contribution in [0.3, 0.4) is 0 Å². The lowest BCUT2D eigenvalue weighted by Gasteiger charge is -2.29. The first kappa shape index (κ1) is 15.5. The topological polar surface area (TPSA) is 75.1 Å². The van der Waals surface area contributed by atoms with Crippen LogP contribution in [0.4, 0.5) is 11.5 Å². The quantitative estimate of drug-likeness (QED) is 0.828. The molecule has 21 heavy (non-hydrogen) atoms. The molecule has 0 saturated carbocycles. The largest absolute Gasteiger partial charge is 0.477 e. The molecule has 1 fully saturated rings. The van der Waals surface area contributed by atoms with Gasteiger partial charge in [0.25, 0.3) is 0 Å². The standard InChI is InChI=1S/C14H21N3O4/c1-16(3-6-20-2)11-9-12(14(18)19)15-13(10-11)17-4-7-21-8-5-17/h9-10H,3-8H2,1-2H3,(H,18,19). The molecule has 2 rings (SSSR count). The molecule has 0 amide bonds. The fraction of sp³-hybridized carbons (Fsp3) is 0.571. The maximum Gasteiger partial charge on any atom is 0.354 e. The van der Waals surface area contributed by atoms with Gasteiger partial charge in [-0.2, -0.15) is 0 Å². The highest BCUT2D eigenvalue weighted by Gasteiger charge is 2.17. The van der Waals surface area contributed by atoms with Gasteiger partial charge in [-0.1, -0.05) is 0 Å². The van der Waals surface area contributed by atoms with Crippen LogP contribution in [0, 0.1) is 0 Å². The average Bonchev–Trinajstić information content (AvgIpc) is 2.53. The van der Waals surface area contributed by atoms with Gasteiger partial charge in [-0.3, -0.25) is 0 Å². The molecule has 1 saturated heterocycles. The molecule has 0 spiro atoms. The zero-order chi connectivity index (χ0) is 15.2. The van der Waals surface area contributed by atoms with Crippen molar-refractivity contribution in [1.82, 2.24) is 4.98 Å². The van der Waals surface area contributed by atoms with Gasteiger partial charge in [0.1, 0.15) is 5.82 Å². The Morgan fingerprint density at radius 2 is 2.19 bits per heavy atom. The van der Waals surface area contributed by atoms with E-state index >= 15 is 0 Å². The molecule has 0 aromatic carbocycles. The third-order valence-electron chi connectivity index (χ3n) is 3.42. The minimum absolute atomic E-state index is 0.0539. The lowest BCUT2D eigenvalue weighted by atomic mass is 10.2. The highest BCUT2D eigenvalue weighted by molar-refractivity contribution is 5.87. The van der Waals surface area contributed by atoms with Crippen LogP contribution in [-0.2, 0) is 9.47 Å². The number of carboxylic acids is 1. The number of aromatic carboxylic acids is 1. The molecule has 0 unspecified atom stereocenters. The fourth-order valence-electron chi connectivity index (χ4n) is 2.14. The van der Waals surface area contributed by atoms with Crippen molar-refractivity contribution in [3.63, 3.8) is 0 Å². The molecule has 1 aliphatic rings. The van der Waals surface area contributed by atoms with Crippen molar-refractivity contribution >= 4 is 17.5 Å². The molecule has 7 heteroatoms. The number of likely N-dealkylation sites (N-methyl/N-ethyl adjacent to an activating group) is 1. The van der Waals surface area contributed by atoms with Crippen molar-refractivity contribution in [2.75, 3.05) is 63.4 Å². The minimum atomic E-state index is -1.02. The van der Waals surface area contributed by atoms with E-state index in [4.69, 9.17) is 9.47 Å². The number of pyridine rings is 1. The SMILES string of the molecule is COCCN(C)c1cc(C(=O)O)nc(N2CCOCC2)c1. The Morgan fingerprint density at radius 3 is 2.81 bits per heavy atom. The normalized spacial score (nSPS) is 15.0. The number of anilines is 2. The van der Waals surface area contributed by atoms with Gasteiger partial charge in [-0.15, -0.1) is 0 Å². The Bertz CT molecular complexity index is 489. The first-order valence-corrected chi connectivity index (χ1v) is 6.90. The summed E-state index contributed by atoms with van der Waals surface area (Å²) in [4.78, 5) is 19.5. The van der Waals surface area contributed by atoms with E-state index in [1.54, 1.807) is 13.2 Å². The fourth-order valence-corrected chi connectivity index (χ4v) is 2.14. The summed E-state index contributed by atoms with van der Waals surface area (Å²) in [7, 11) is 3.55. The van der Waals surface area contributed by atoms with E-state index in [1.165, 1.54) is 0 Å². The minimum Gasteiger partial charge on any atom is -0.477 e. The van der Waals surface area contributed by atoms with Crippen LogP contribution in [0.15, 0.2) is 12.1 Å². The summed E-state index contributed by atoms with van der Waals surface area (Å²) in [6, 6.07) is 3.50. The number of rotatable bonds is 6. The summed E-state index contributed by atoms with van der Waals surface area (Å²) < 4.78 is 10.4. The van der Waals surface area contributed by atoms with E-state index in [2.05, 4.69) is 4.98 Å². The number of hydrogen-bond acceptors (Lipinski definition) is 6. The number of hydrogen-bond donors (Lipinski definition) is 1. The number of methoxy groups -OCH3 is 1. The highest BCUT2D eigenvalue weighted by Crippen LogP contribution is 2.22. The van der Waals surface area contributed by atoms with Gasteiger partial charge in [0.15, 0.2) is 5.69 Å². The van der Waals surface area contributed by atoms with Crippen LogP contribution >= 0.6 is 0 Å². The molecule has 0 aliphatic carbocycles. The van der Waals surface area contributed by atoms with E-state index in [0.29, 0.717) is 32.2 Å². The molecule has 2 heterocycles. The zero-order valence-electron chi connectivity index (χ0n) is 12.4. The molecule has 1 aromatic rings. The van der Waals surface area contributed by atoms with Gasteiger partial charge in [-0.05, 0) is 6.07 Å². The summed E-state index contributed by atoms with van der Waals surface area (Å²) in [6.07, 6.45) is 0. The number of nitrogens with zero attached hydrogens (tertiary/aromatic N) is 3. The first-order valence-electron chi connectivity index (χ1n) is 6.90. The van der Waals surface area contributed by atoms with Crippen LogP contribution in [0.5, 0.6) is 0 Å². The summed E-state index contributed by atoms with van der Waals surface area (Å²) >= 11 is 0. The Morgan fingerprint density at radius 1 is 1.48 bits per heavy atom. The molecule has 0 bridgehead atoms. The summed E-state index contributed by atoms with van der Waals surface area (Å²) in [5.74, 6) is -0.344. The molecular formula is C14H21N3O4. The van der Waals surface area contributed by atoms with Gasteiger partial charge in [-0.25, -0.2) is 9.78 Å². The van der Waals surface area contributed by atoms with Crippen LogP contribution in [0.25, 0.3) is 0 Å². The monoisotopic (exact) mass is 295 g/mol. The Balaban J connectivity index is 2.26. The van der Waals surface area contributed by atoms with Crippen molar-refractivity contribution in [2.45, 2.75) is 0 Å². The van der Waals surface area contributed by atoms with Gasteiger partial charge >= 0.3 is 5.97 Å². The van der Waals surface area contributed by atoms with Crippen LogP contribution in [0.2, 0.25) is 0 Å². The smallest absolute Gasteiger partial charge is 0.354 e. The van der Waals surface area contributed by atoms with Crippen LogP contribution < -0.4 is 9.80 Å². The Labute approximate surface area is 124 Å². The van der Waals surface area contributed by atoms with E-state index in [1.807, 2.05) is 22.9 Å². The maximum absolute atomic E-state index is 11.3. The summed E-state index contributed by atoms with van der Waals surface area (Å²) in [5.41, 5.74) is 0.874. The Hall–Kier alpha value is -1.86. The van der Waals surface area contributed by atoms with Crippen molar-refractivity contribution in [1.29, 1.82) is 0 Å². The van der Waals surface area contributed by atoms with Crippen molar-refractivity contribution in [3.05, 3.63) is 17.8 Å². The van der Waals surface area contributed by atoms with Crippen molar-refractivity contribution in [3.8, 4) is 0 Å². The molecule has 1 N–H and O–H groups in total. The van der Waals surface area contributed by atoms with E-state index in [-0.39, 0.29) is 5.69 Å². The van der Waals surface area contributed by atoms with E-state index in [9.17, 15) is 9.90 Å². The second-order valence-corrected chi connectivity index (χ2v) is 4.89. The predicted octanol–water partition coefficient (Wildman–Crippen LogP) is 0.699. The number of aromatic nitrogens is 1. The zero-order valence-corrected chi connectivity index (χ0v) is 12.4. The molecule has 0 atom stereocenters. The van der Waals surface area contributed by atoms with Crippen LogP contribution in [0.1, 0.15) is 10.5 Å². The molecule has 116 valence electrons. The second-order valence-electron chi connectivity index (χ2n) is 4.89. The molecule has 7 nitrogen and oxygen atoms in total. The molecule has 1 aliphatic heterocycles. The van der Waals surface area contributed by atoms with Gasteiger partial charge in [0.05, 0.1) is 19.8 Å². The predicted molar refractivity (Wildman–Crippen MR) is 79.4 cm³/mol. The third-order valence-corrected chi connectivity index (χ3v) is 3.42. The van der Waals surface area contributed by atoms with E-state index < -0.39 is 5.97 Å². The van der Waals surface area contributed by atoms with Crippen molar-refractivity contribution in [2.24, 2.45) is 0 Å². The Kier molecular flexibility index (Phi) is 5.35. The number of morpholine rings is 1. The lowest BCUT2D eigenvalue weighted by molar-refractivity contribution is 0.0690. The second kappa shape index (κ2) is 7.24. The van der Waals surface area contributed by atoms with Crippen molar-refractivity contribution < 1.29 is 19.4 Å². The van der Waals surface area contributed by atoms with E-state index in [0.717, 1.165) is 18.8 Å². The molecular weight excluding hydrogens is 274 g/mol. The number of ether oxygens (including phenoxy) is 2. The first-order chi connectivity index (χ1) is 10.1. The van der Waals surface area contributed by atoms with Gasteiger partial charge in [0, 0.05) is 45.5 Å². The summed E-state index contributed by atoms with van der Waals surface area (Å²) in [6.45, 7) is 3.96. The maximum atomic E-state index is 11.3.